The van der Waals surface area contributed by atoms with Crippen molar-refractivity contribution in [3.05, 3.63) is 29.0 Å². The van der Waals surface area contributed by atoms with Gasteiger partial charge in [0.15, 0.2) is 0 Å². The fourth-order valence-electron chi connectivity index (χ4n) is 2.55. The molecule has 2 heterocycles. The lowest BCUT2D eigenvalue weighted by atomic mass is 10.1. The maximum absolute atomic E-state index is 12.1. The Morgan fingerprint density at radius 3 is 2.68 bits per heavy atom. The molecule has 0 spiro atoms. The first kappa shape index (κ1) is 16.8. The second-order valence-electron chi connectivity index (χ2n) is 5.54. The molecule has 0 unspecified atom stereocenters. The van der Waals surface area contributed by atoms with Gasteiger partial charge >= 0.3 is 0 Å². The maximum atomic E-state index is 12.1. The summed E-state index contributed by atoms with van der Waals surface area (Å²) in [7, 11) is 0. The lowest BCUT2D eigenvalue weighted by Gasteiger charge is -2.34. The van der Waals surface area contributed by atoms with Gasteiger partial charge in [-0.2, -0.15) is 0 Å². The highest BCUT2D eigenvalue weighted by atomic mass is 35.5. The van der Waals surface area contributed by atoms with Gasteiger partial charge in [-0.05, 0) is 25.0 Å². The number of terminal acetylenes is 1. The van der Waals surface area contributed by atoms with Crippen molar-refractivity contribution in [3.63, 3.8) is 0 Å². The molecular formula is C17H22ClN3O. The molecule has 118 valence electrons. The van der Waals surface area contributed by atoms with Crippen LogP contribution in [0.25, 0.3) is 0 Å². The SMILES string of the molecule is C#CCCCCC(=O)N1CCN(Cc2ccc(Cl)cn2)CC1. The number of piperazine rings is 1. The second kappa shape index (κ2) is 8.77. The number of unbranched alkanes of at least 4 members (excludes halogenated alkanes) is 2. The van der Waals surface area contributed by atoms with E-state index in [-0.39, 0.29) is 5.91 Å². The number of carbonyl (C=O) groups excluding carboxylic acids is 1. The number of hydrogen-bond donors (Lipinski definition) is 0. The Balaban J connectivity index is 1.70. The zero-order chi connectivity index (χ0) is 15.8. The van der Waals surface area contributed by atoms with Crippen LogP contribution in [0.15, 0.2) is 18.3 Å². The third kappa shape index (κ3) is 5.32. The summed E-state index contributed by atoms with van der Waals surface area (Å²) >= 11 is 5.84. The minimum Gasteiger partial charge on any atom is -0.340 e. The fourth-order valence-corrected chi connectivity index (χ4v) is 2.66. The van der Waals surface area contributed by atoms with Crippen LogP contribution in [0.4, 0.5) is 0 Å². The van der Waals surface area contributed by atoms with E-state index in [1.54, 1.807) is 6.20 Å². The summed E-state index contributed by atoms with van der Waals surface area (Å²) in [4.78, 5) is 20.7. The highest BCUT2D eigenvalue weighted by Gasteiger charge is 2.20. The predicted octanol–water partition coefficient (Wildman–Crippen LogP) is 2.57. The van der Waals surface area contributed by atoms with E-state index in [2.05, 4.69) is 15.8 Å². The molecule has 5 heteroatoms. The summed E-state index contributed by atoms with van der Waals surface area (Å²) < 4.78 is 0. The van der Waals surface area contributed by atoms with Gasteiger partial charge in [-0.1, -0.05) is 11.6 Å². The number of aromatic nitrogens is 1. The molecule has 1 aromatic rings. The van der Waals surface area contributed by atoms with Crippen LogP contribution in [0, 0.1) is 12.3 Å². The van der Waals surface area contributed by atoms with Gasteiger partial charge in [-0.25, -0.2) is 0 Å². The number of pyridine rings is 1. The van der Waals surface area contributed by atoms with Crippen molar-refractivity contribution in [3.8, 4) is 12.3 Å². The van der Waals surface area contributed by atoms with Crippen LogP contribution >= 0.6 is 11.6 Å². The molecule has 1 amide bonds. The lowest BCUT2D eigenvalue weighted by molar-refractivity contribution is -0.133. The molecule has 1 fully saturated rings. The molecule has 1 saturated heterocycles. The van der Waals surface area contributed by atoms with Gasteiger partial charge in [0.05, 0.1) is 10.7 Å². The Labute approximate surface area is 137 Å². The Kier molecular flexibility index (Phi) is 6.70. The number of halogens is 1. The van der Waals surface area contributed by atoms with E-state index in [9.17, 15) is 4.79 Å². The lowest BCUT2D eigenvalue weighted by Crippen LogP contribution is -2.48. The molecule has 4 nitrogen and oxygen atoms in total. The van der Waals surface area contributed by atoms with E-state index >= 15 is 0 Å². The third-order valence-corrected chi connectivity index (χ3v) is 4.08. The average molecular weight is 320 g/mol. The number of rotatable bonds is 6. The van der Waals surface area contributed by atoms with Crippen molar-refractivity contribution in [1.82, 2.24) is 14.8 Å². The normalized spacial score (nSPS) is 15.5. The summed E-state index contributed by atoms with van der Waals surface area (Å²) in [6.45, 7) is 4.17. The van der Waals surface area contributed by atoms with Gasteiger partial charge in [0, 0.05) is 51.8 Å². The van der Waals surface area contributed by atoms with Crippen LogP contribution in [0.3, 0.4) is 0 Å². The van der Waals surface area contributed by atoms with Crippen molar-refractivity contribution >= 4 is 17.5 Å². The summed E-state index contributed by atoms with van der Waals surface area (Å²) in [5.41, 5.74) is 1.01. The molecule has 0 aliphatic carbocycles. The standard InChI is InChI=1S/C17H22ClN3O/c1-2-3-4-5-6-17(22)21-11-9-20(10-12-21)14-16-8-7-15(18)13-19-16/h1,7-8,13H,3-6,9-12,14H2. The minimum absolute atomic E-state index is 0.251. The largest absolute Gasteiger partial charge is 0.340 e. The molecule has 0 radical (unpaired) electrons. The van der Waals surface area contributed by atoms with Crippen molar-refractivity contribution in [1.29, 1.82) is 0 Å². The van der Waals surface area contributed by atoms with Crippen molar-refractivity contribution in [2.75, 3.05) is 26.2 Å². The molecule has 2 rings (SSSR count). The third-order valence-electron chi connectivity index (χ3n) is 3.86. The van der Waals surface area contributed by atoms with E-state index in [1.165, 1.54) is 0 Å². The van der Waals surface area contributed by atoms with Gasteiger partial charge in [0.25, 0.3) is 0 Å². The molecule has 0 N–H and O–H groups in total. The minimum atomic E-state index is 0.251. The Morgan fingerprint density at radius 1 is 1.27 bits per heavy atom. The van der Waals surface area contributed by atoms with E-state index in [4.69, 9.17) is 18.0 Å². The first-order chi connectivity index (χ1) is 10.7. The summed E-state index contributed by atoms with van der Waals surface area (Å²) in [6.07, 6.45) is 10.1. The molecule has 1 aromatic heterocycles. The van der Waals surface area contributed by atoms with Crippen molar-refractivity contribution in [2.24, 2.45) is 0 Å². The summed E-state index contributed by atoms with van der Waals surface area (Å²) in [5, 5.41) is 0.656. The maximum Gasteiger partial charge on any atom is 0.222 e. The van der Waals surface area contributed by atoms with Crippen LogP contribution in [0.5, 0.6) is 0 Å². The summed E-state index contributed by atoms with van der Waals surface area (Å²) in [6, 6.07) is 3.81. The van der Waals surface area contributed by atoms with E-state index in [0.717, 1.165) is 57.7 Å². The van der Waals surface area contributed by atoms with Crippen LogP contribution in [0.1, 0.15) is 31.4 Å². The molecule has 0 atom stereocenters. The van der Waals surface area contributed by atoms with Crippen LogP contribution in [0.2, 0.25) is 5.02 Å². The number of nitrogens with zero attached hydrogens (tertiary/aromatic N) is 3. The van der Waals surface area contributed by atoms with Gasteiger partial charge in [-0.3, -0.25) is 14.7 Å². The molecule has 22 heavy (non-hydrogen) atoms. The molecule has 0 bridgehead atoms. The fraction of sp³-hybridized carbons (Fsp3) is 0.529. The van der Waals surface area contributed by atoms with Crippen LogP contribution in [-0.2, 0) is 11.3 Å². The number of amides is 1. The quantitative estimate of drug-likeness (QED) is 0.597. The molecular weight excluding hydrogens is 298 g/mol. The molecule has 1 aliphatic rings. The number of carbonyl (C=O) groups is 1. The Hall–Kier alpha value is -1.57. The zero-order valence-electron chi connectivity index (χ0n) is 12.8. The van der Waals surface area contributed by atoms with Crippen LogP contribution in [-0.4, -0.2) is 46.9 Å². The first-order valence-electron chi connectivity index (χ1n) is 7.73. The van der Waals surface area contributed by atoms with Crippen LogP contribution < -0.4 is 0 Å². The number of hydrogen-bond acceptors (Lipinski definition) is 3. The Morgan fingerprint density at radius 2 is 2.05 bits per heavy atom. The second-order valence-corrected chi connectivity index (χ2v) is 5.97. The topological polar surface area (TPSA) is 36.4 Å². The van der Waals surface area contributed by atoms with E-state index in [0.29, 0.717) is 11.4 Å². The Bertz CT molecular complexity index is 516. The average Bonchev–Trinajstić information content (AvgIpc) is 2.54. The van der Waals surface area contributed by atoms with Gasteiger partial charge < -0.3 is 4.90 Å². The molecule has 0 saturated carbocycles. The van der Waals surface area contributed by atoms with Gasteiger partial charge in [-0.15, -0.1) is 12.3 Å². The first-order valence-corrected chi connectivity index (χ1v) is 8.11. The van der Waals surface area contributed by atoms with Gasteiger partial charge in [0.1, 0.15) is 0 Å². The molecule has 0 aromatic carbocycles. The van der Waals surface area contributed by atoms with Crippen molar-refractivity contribution in [2.45, 2.75) is 32.2 Å². The van der Waals surface area contributed by atoms with E-state index < -0.39 is 0 Å². The molecule has 1 aliphatic heterocycles. The van der Waals surface area contributed by atoms with Crippen molar-refractivity contribution < 1.29 is 4.79 Å². The monoisotopic (exact) mass is 319 g/mol. The predicted molar refractivity (Wildman–Crippen MR) is 88.4 cm³/mol. The zero-order valence-corrected chi connectivity index (χ0v) is 13.6. The highest BCUT2D eigenvalue weighted by Crippen LogP contribution is 2.11. The van der Waals surface area contributed by atoms with E-state index in [1.807, 2.05) is 17.0 Å². The smallest absolute Gasteiger partial charge is 0.222 e. The highest BCUT2D eigenvalue weighted by molar-refractivity contribution is 6.30. The summed E-state index contributed by atoms with van der Waals surface area (Å²) in [5.74, 6) is 2.86. The van der Waals surface area contributed by atoms with Gasteiger partial charge in [0.2, 0.25) is 5.91 Å².